The van der Waals surface area contributed by atoms with Crippen LogP contribution in [0.15, 0.2) is 78.9 Å². The Labute approximate surface area is 189 Å². The van der Waals surface area contributed by atoms with Crippen LogP contribution in [0.3, 0.4) is 0 Å². The van der Waals surface area contributed by atoms with Gasteiger partial charge in [0.1, 0.15) is 18.1 Å². The zero-order valence-electron chi connectivity index (χ0n) is 17.9. The number of rotatable bonds is 8. The van der Waals surface area contributed by atoms with Crippen LogP contribution in [0, 0.1) is 0 Å². The molecule has 0 aliphatic carbocycles. The average molecular weight is 437 g/mol. The molecule has 31 heavy (non-hydrogen) atoms. The van der Waals surface area contributed by atoms with Crippen LogP contribution in [0.4, 0.5) is 0 Å². The Bertz CT molecular complexity index is 925. The van der Waals surface area contributed by atoms with Crippen molar-refractivity contribution in [1.29, 1.82) is 0 Å². The van der Waals surface area contributed by atoms with E-state index in [4.69, 9.17) is 25.8 Å². The Morgan fingerprint density at radius 1 is 0.839 bits per heavy atom. The maximum Gasteiger partial charge on any atom is 0.119 e. The summed E-state index contributed by atoms with van der Waals surface area (Å²) >= 11 is 6.58. The minimum absolute atomic E-state index is 0.0425. The molecule has 0 unspecified atom stereocenters. The number of benzene rings is 3. The first-order valence-corrected chi connectivity index (χ1v) is 11.3. The van der Waals surface area contributed by atoms with Gasteiger partial charge in [0.15, 0.2) is 0 Å². The van der Waals surface area contributed by atoms with Crippen molar-refractivity contribution in [2.75, 3.05) is 7.11 Å². The fourth-order valence-corrected chi connectivity index (χ4v) is 4.36. The molecule has 1 heterocycles. The van der Waals surface area contributed by atoms with E-state index in [1.54, 1.807) is 7.11 Å². The quantitative estimate of drug-likeness (QED) is 0.366. The molecule has 0 saturated carbocycles. The largest absolute Gasteiger partial charge is 0.497 e. The van der Waals surface area contributed by atoms with Crippen LogP contribution in [0.5, 0.6) is 11.5 Å². The number of methoxy groups -OCH3 is 1. The van der Waals surface area contributed by atoms with Crippen LogP contribution in [0.25, 0.3) is 0 Å². The minimum atomic E-state index is 0.0425. The van der Waals surface area contributed by atoms with Crippen molar-refractivity contribution in [3.63, 3.8) is 0 Å². The van der Waals surface area contributed by atoms with Gasteiger partial charge in [0.25, 0.3) is 0 Å². The summed E-state index contributed by atoms with van der Waals surface area (Å²) in [6, 6.07) is 26.7. The lowest BCUT2D eigenvalue weighted by molar-refractivity contribution is -0.0528. The molecule has 3 aromatic carbocycles. The number of hydrogen-bond acceptors (Lipinski definition) is 3. The van der Waals surface area contributed by atoms with Crippen molar-refractivity contribution in [3.8, 4) is 11.5 Å². The molecular weight excluding hydrogens is 408 g/mol. The van der Waals surface area contributed by atoms with Gasteiger partial charge >= 0.3 is 0 Å². The van der Waals surface area contributed by atoms with Gasteiger partial charge in [0.05, 0.1) is 19.3 Å². The zero-order chi connectivity index (χ0) is 21.5. The molecule has 0 spiro atoms. The van der Waals surface area contributed by atoms with E-state index in [1.807, 2.05) is 42.5 Å². The van der Waals surface area contributed by atoms with E-state index >= 15 is 0 Å². The monoisotopic (exact) mass is 436 g/mol. The molecular formula is C27H29ClO3. The molecule has 4 rings (SSSR count). The highest BCUT2D eigenvalue weighted by Crippen LogP contribution is 2.36. The number of hydrogen-bond donors (Lipinski definition) is 0. The number of alkyl halides is 1. The maximum absolute atomic E-state index is 6.58. The van der Waals surface area contributed by atoms with Gasteiger partial charge in [-0.15, -0.1) is 11.6 Å². The molecule has 1 saturated heterocycles. The SMILES string of the molecule is COc1ccc([C@H]2C[C@@H](Cl)C[C@@H](CCc3ccc(OCc4ccccc4)cc3)O2)cc1. The molecule has 3 atom stereocenters. The van der Waals surface area contributed by atoms with Crippen LogP contribution in [0.1, 0.15) is 42.1 Å². The first-order chi connectivity index (χ1) is 15.2. The molecule has 0 radical (unpaired) electrons. The predicted molar refractivity (Wildman–Crippen MR) is 125 cm³/mol. The van der Waals surface area contributed by atoms with Gasteiger partial charge in [-0.3, -0.25) is 0 Å². The molecule has 162 valence electrons. The summed E-state index contributed by atoms with van der Waals surface area (Å²) in [6.07, 6.45) is 3.87. The first kappa shape index (κ1) is 21.7. The average Bonchev–Trinajstić information content (AvgIpc) is 2.82. The van der Waals surface area contributed by atoms with Crippen molar-refractivity contribution in [2.24, 2.45) is 0 Å². The summed E-state index contributed by atoms with van der Waals surface area (Å²) in [7, 11) is 1.68. The second-order valence-corrected chi connectivity index (χ2v) is 8.66. The summed E-state index contributed by atoms with van der Waals surface area (Å²) < 4.78 is 17.5. The van der Waals surface area contributed by atoms with Crippen LogP contribution in [-0.2, 0) is 17.8 Å². The van der Waals surface area contributed by atoms with Crippen LogP contribution in [0.2, 0.25) is 0 Å². The number of aryl methyl sites for hydroxylation is 1. The normalized spacial score (nSPS) is 20.9. The first-order valence-electron chi connectivity index (χ1n) is 10.9. The van der Waals surface area contributed by atoms with E-state index in [0.29, 0.717) is 6.61 Å². The molecule has 3 nitrogen and oxygen atoms in total. The third kappa shape index (κ3) is 6.25. The van der Waals surface area contributed by atoms with Crippen molar-refractivity contribution in [2.45, 2.75) is 49.9 Å². The van der Waals surface area contributed by atoms with E-state index in [9.17, 15) is 0 Å². The number of halogens is 1. The highest BCUT2D eigenvalue weighted by molar-refractivity contribution is 6.20. The topological polar surface area (TPSA) is 27.7 Å². The molecule has 1 aliphatic heterocycles. The zero-order valence-corrected chi connectivity index (χ0v) is 18.6. The standard InChI is InChI=1S/C27H29ClO3/c1-29-24-15-10-22(11-16-24)27-18-23(28)17-26(31-27)14-9-20-7-12-25(13-8-20)30-19-21-5-3-2-4-6-21/h2-8,10-13,15-16,23,26-27H,9,14,17-19H2,1H3/t23-,26+,27+/m0/s1. The molecule has 0 amide bonds. The van der Waals surface area contributed by atoms with Crippen molar-refractivity contribution >= 4 is 11.6 Å². The number of ether oxygens (including phenoxy) is 3. The summed E-state index contributed by atoms with van der Waals surface area (Å²) in [6.45, 7) is 0.583. The fourth-order valence-electron chi connectivity index (χ4n) is 4.00. The van der Waals surface area contributed by atoms with Crippen LogP contribution in [-0.4, -0.2) is 18.6 Å². The minimum Gasteiger partial charge on any atom is -0.497 e. The van der Waals surface area contributed by atoms with Crippen LogP contribution >= 0.6 is 11.6 Å². The fraction of sp³-hybridized carbons (Fsp3) is 0.333. The summed E-state index contributed by atoms with van der Waals surface area (Å²) in [5.74, 6) is 1.75. The molecule has 4 heteroatoms. The van der Waals surface area contributed by atoms with Gasteiger partial charge in [-0.25, -0.2) is 0 Å². The van der Waals surface area contributed by atoms with Gasteiger partial charge in [0, 0.05) is 5.38 Å². The molecule has 3 aromatic rings. The lowest BCUT2D eigenvalue weighted by atomic mass is 9.95. The molecule has 0 N–H and O–H groups in total. The van der Waals surface area contributed by atoms with Gasteiger partial charge in [-0.2, -0.15) is 0 Å². The Morgan fingerprint density at radius 3 is 2.26 bits per heavy atom. The lowest BCUT2D eigenvalue weighted by Gasteiger charge is -2.33. The van der Waals surface area contributed by atoms with Crippen molar-refractivity contribution in [3.05, 3.63) is 95.6 Å². The third-order valence-corrected chi connectivity index (χ3v) is 6.12. The van der Waals surface area contributed by atoms with E-state index in [-0.39, 0.29) is 17.6 Å². The maximum atomic E-state index is 6.58. The second kappa shape index (κ2) is 10.7. The molecule has 0 aromatic heterocycles. The van der Waals surface area contributed by atoms with Crippen LogP contribution < -0.4 is 9.47 Å². The highest BCUT2D eigenvalue weighted by Gasteiger charge is 2.29. The highest BCUT2D eigenvalue weighted by atomic mass is 35.5. The van der Waals surface area contributed by atoms with Gasteiger partial charge < -0.3 is 14.2 Å². The molecule has 1 aliphatic rings. The van der Waals surface area contributed by atoms with E-state index in [2.05, 4.69) is 36.4 Å². The Morgan fingerprint density at radius 2 is 1.55 bits per heavy atom. The summed E-state index contributed by atoms with van der Waals surface area (Å²) in [5, 5.41) is 0.139. The Hall–Kier alpha value is -2.49. The Kier molecular flexibility index (Phi) is 7.50. The predicted octanol–water partition coefficient (Wildman–Crippen LogP) is 6.73. The van der Waals surface area contributed by atoms with E-state index < -0.39 is 0 Å². The second-order valence-electron chi connectivity index (χ2n) is 8.05. The van der Waals surface area contributed by atoms with E-state index in [1.165, 1.54) is 11.1 Å². The van der Waals surface area contributed by atoms with Crippen molar-refractivity contribution in [1.82, 2.24) is 0 Å². The molecule has 0 bridgehead atoms. The summed E-state index contributed by atoms with van der Waals surface area (Å²) in [5.41, 5.74) is 3.62. The van der Waals surface area contributed by atoms with Gasteiger partial charge in [-0.1, -0.05) is 54.6 Å². The molecule has 1 fully saturated rings. The lowest BCUT2D eigenvalue weighted by Crippen LogP contribution is -2.29. The van der Waals surface area contributed by atoms with Crippen molar-refractivity contribution < 1.29 is 14.2 Å². The Balaban J connectivity index is 1.28. The summed E-state index contributed by atoms with van der Waals surface area (Å²) in [4.78, 5) is 0. The third-order valence-electron chi connectivity index (χ3n) is 5.76. The van der Waals surface area contributed by atoms with Gasteiger partial charge in [0.2, 0.25) is 0 Å². The smallest absolute Gasteiger partial charge is 0.119 e. The van der Waals surface area contributed by atoms with E-state index in [0.717, 1.165) is 42.7 Å². The van der Waals surface area contributed by atoms with Gasteiger partial charge in [-0.05, 0) is 66.6 Å².